The molecule has 3 rings (SSSR count). The van der Waals surface area contributed by atoms with Gasteiger partial charge in [-0.05, 0) is 31.2 Å². The van der Waals surface area contributed by atoms with Crippen LogP contribution in [0.4, 0.5) is 11.5 Å². The summed E-state index contributed by atoms with van der Waals surface area (Å²) in [5.74, 6) is 0.341. The van der Waals surface area contributed by atoms with Gasteiger partial charge < -0.3 is 15.1 Å². The van der Waals surface area contributed by atoms with Gasteiger partial charge in [-0.15, -0.1) is 10.2 Å². The van der Waals surface area contributed by atoms with Crippen LogP contribution in [0.25, 0.3) is 0 Å². The molecule has 1 aliphatic heterocycles. The molecule has 118 valence electrons. The summed E-state index contributed by atoms with van der Waals surface area (Å²) in [4.78, 5) is 27.4. The van der Waals surface area contributed by atoms with E-state index >= 15 is 0 Å². The normalized spacial score (nSPS) is 14.2. The van der Waals surface area contributed by atoms with Crippen LogP contribution < -0.4 is 10.2 Å². The van der Waals surface area contributed by atoms with Crippen molar-refractivity contribution in [3.63, 3.8) is 0 Å². The SMILES string of the molecule is CCN1CN(c2ccc(C(=O)Nc3ccccc3)nn2)CC1=O. The molecule has 1 fully saturated rings. The van der Waals surface area contributed by atoms with Crippen molar-refractivity contribution in [1.82, 2.24) is 15.1 Å². The summed E-state index contributed by atoms with van der Waals surface area (Å²) in [6.07, 6.45) is 0. The van der Waals surface area contributed by atoms with Crippen LogP contribution in [-0.2, 0) is 4.79 Å². The van der Waals surface area contributed by atoms with Crippen LogP contribution in [0.3, 0.4) is 0 Å². The zero-order valence-corrected chi connectivity index (χ0v) is 12.8. The molecule has 1 N–H and O–H groups in total. The first-order chi connectivity index (χ1) is 11.2. The lowest BCUT2D eigenvalue weighted by Gasteiger charge is -2.16. The third-order valence-corrected chi connectivity index (χ3v) is 3.64. The van der Waals surface area contributed by atoms with Crippen LogP contribution in [0.2, 0.25) is 0 Å². The molecule has 1 aliphatic rings. The highest BCUT2D eigenvalue weighted by molar-refractivity contribution is 6.02. The van der Waals surface area contributed by atoms with Crippen molar-refractivity contribution in [2.75, 3.05) is 30.0 Å². The number of rotatable bonds is 4. The molecular formula is C16H17N5O2. The molecule has 1 saturated heterocycles. The van der Waals surface area contributed by atoms with Crippen molar-refractivity contribution in [3.8, 4) is 0 Å². The second-order valence-corrected chi connectivity index (χ2v) is 5.19. The summed E-state index contributed by atoms with van der Waals surface area (Å²) < 4.78 is 0. The Morgan fingerprint density at radius 1 is 1.17 bits per heavy atom. The van der Waals surface area contributed by atoms with E-state index < -0.39 is 0 Å². The number of hydrogen-bond donors (Lipinski definition) is 1. The number of benzene rings is 1. The van der Waals surface area contributed by atoms with E-state index in [4.69, 9.17) is 0 Å². The van der Waals surface area contributed by atoms with Crippen LogP contribution in [0.5, 0.6) is 0 Å². The fourth-order valence-electron chi connectivity index (χ4n) is 2.36. The maximum absolute atomic E-state index is 12.1. The number of hydrogen-bond acceptors (Lipinski definition) is 5. The van der Waals surface area contributed by atoms with Gasteiger partial charge in [-0.25, -0.2) is 0 Å². The zero-order chi connectivity index (χ0) is 16.2. The molecule has 0 atom stereocenters. The number of carbonyl (C=O) groups is 2. The Morgan fingerprint density at radius 3 is 2.57 bits per heavy atom. The molecule has 0 unspecified atom stereocenters. The molecule has 7 heteroatoms. The number of para-hydroxylation sites is 1. The Bertz CT molecular complexity index is 702. The summed E-state index contributed by atoms with van der Waals surface area (Å²) in [7, 11) is 0. The maximum Gasteiger partial charge on any atom is 0.276 e. The van der Waals surface area contributed by atoms with Crippen LogP contribution in [0, 0.1) is 0 Å². The van der Waals surface area contributed by atoms with E-state index in [1.54, 1.807) is 29.2 Å². The predicted molar refractivity (Wildman–Crippen MR) is 86.0 cm³/mol. The van der Waals surface area contributed by atoms with Crippen LogP contribution in [-0.4, -0.2) is 46.7 Å². The summed E-state index contributed by atoms with van der Waals surface area (Å²) in [5.41, 5.74) is 0.933. The minimum Gasteiger partial charge on any atom is -0.328 e. The Balaban J connectivity index is 1.68. The van der Waals surface area contributed by atoms with Gasteiger partial charge in [0.1, 0.15) is 6.54 Å². The molecule has 1 aromatic carbocycles. The zero-order valence-electron chi connectivity index (χ0n) is 12.8. The highest BCUT2D eigenvalue weighted by Crippen LogP contribution is 2.16. The van der Waals surface area contributed by atoms with Gasteiger partial charge in [-0.3, -0.25) is 9.59 Å². The van der Waals surface area contributed by atoms with E-state index in [0.717, 1.165) is 0 Å². The molecule has 0 saturated carbocycles. The molecule has 0 radical (unpaired) electrons. The second-order valence-electron chi connectivity index (χ2n) is 5.19. The van der Waals surface area contributed by atoms with E-state index in [1.807, 2.05) is 30.0 Å². The Kier molecular flexibility index (Phi) is 4.18. The van der Waals surface area contributed by atoms with E-state index in [2.05, 4.69) is 15.5 Å². The van der Waals surface area contributed by atoms with Crippen molar-refractivity contribution in [1.29, 1.82) is 0 Å². The molecule has 2 heterocycles. The lowest BCUT2D eigenvalue weighted by atomic mass is 10.3. The first kappa shape index (κ1) is 15.0. The number of nitrogens with one attached hydrogen (secondary N) is 1. The molecular weight excluding hydrogens is 294 g/mol. The van der Waals surface area contributed by atoms with Gasteiger partial charge >= 0.3 is 0 Å². The van der Waals surface area contributed by atoms with Gasteiger partial charge in [0, 0.05) is 12.2 Å². The van der Waals surface area contributed by atoms with Crippen LogP contribution >= 0.6 is 0 Å². The monoisotopic (exact) mass is 311 g/mol. The fourth-order valence-corrected chi connectivity index (χ4v) is 2.36. The first-order valence-electron chi connectivity index (χ1n) is 7.40. The van der Waals surface area contributed by atoms with Crippen LogP contribution in [0.15, 0.2) is 42.5 Å². The molecule has 7 nitrogen and oxygen atoms in total. The topological polar surface area (TPSA) is 78.4 Å². The molecule has 2 amide bonds. The molecule has 2 aromatic rings. The standard InChI is InChI=1S/C16H17N5O2/c1-2-20-11-21(10-15(20)22)14-9-8-13(18-19-14)16(23)17-12-6-4-3-5-7-12/h3-9H,2,10-11H2,1H3,(H,17,23). The number of anilines is 2. The third-order valence-electron chi connectivity index (χ3n) is 3.64. The fraction of sp³-hybridized carbons (Fsp3) is 0.250. The Labute approximate surface area is 133 Å². The maximum atomic E-state index is 12.1. The molecule has 0 bridgehead atoms. The quantitative estimate of drug-likeness (QED) is 0.922. The molecule has 0 spiro atoms. The van der Waals surface area contributed by atoms with Gasteiger partial charge in [0.05, 0.1) is 6.67 Å². The molecule has 0 aliphatic carbocycles. The summed E-state index contributed by atoms with van der Waals surface area (Å²) in [5, 5.41) is 10.8. The average Bonchev–Trinajstić information content (AvgIpc) is 2.97. The average molecular weight is 311 g/mol. The predicted octanol–water partition coefficient (Wildman–Crippen LogP) is 1.35. The lowest BCUT2D eigenvalue weighted by molar-refractivity contribution is -0.126. The second kappa shape index (κ2) is 6.43. The van der Waals surface area contributed by atoms with Gasteiger partial charge in [0.2, 0.25) is 5.91 Å². The highest BCUT2D eigenvalue weighted by Gasteiger charge is 2.27. The number of aromatic nitrogens is 2. The van der Waals surface area contributed by atoms with Gasteiger partial charge in [-0.1, -0.05) is 18.2 Å². The summed E-state index contributed by atoms with van der Waals surface area (Å²) in [6.45, 7) is 3.39. The van der Waals surface area contributed by atoms with Gasteiger partial charge in [0.25, 0.3) is 5.91 Å². The van der Waals surface area contributed by atoms with Crippen molar-refractivity contribution in [3.05, 3.63) is 48.2 Å². The Morgan fingerprint density at radius 2 is 1.96 bits per heavy atom. The van der Waals surface area contributed by atoms with Crippen molar-refractivity contribution in [2.45, 2.75) is 6.92 Å². The van der Waals surface area contributed by atoms with Crippen molar-refractivity contribution < 1.29 is 9.59 Å². The number of amides is 2. The lowest BCUT2D eigenvalue weighted by Crippen LogP contribution is -2.27. The number of nitrogens with zero attached hydrogens (tertiary/aromatic N) is 4. The smallest absolute Gasteiger partial charge is 0.276 e. The number of likely N-dealkylation sites (N-methyl/N-ethyl adjacent to an activating group) is 1. The van der Waals surface area contributed by atoms with Crippen molar-refractivity contribution in [2.24, 2.45) is 0 Å². The first-order valence-corrected chi connectivity index (χ1v) is 7.40. The van der Waals surface area contributed by atoms with E-state index in [9.17, 15) is 9.59 Å². The van der Waals surface area contributed by atoms with E-state index in [1.165, 1.54) is 0 Å². The van der Waals surface area contributed by atoms with Crippen molar-refractivity contribution >= 4 is 23.3 Å². The molecule has 23 heavy (non-hydrogen) atoms. The van der Waals surface area contributed by atoms with Crippen LogP contribution in [0.1, 0.15) is 17.4 Å². The summed E-state index contributed by atoms with van der Waals surface area (Å²) in [6, 6.07) is 12.5. The minimum atomic E-state index is -0.317. The Hall–Kier alpha value is -2.96. The minimum absolute atomic E-state index is 0.0696. The summed E-state index contributed by atoms with van der Waals surface area (Å²) >= 11 is 0. The largest absolute Gasteiger partial charge is 0.328 e. The van der Waals surface area contributed by atoms with Gasteiger partial charge in [-0.2, -0.15) is 0 Å². The van der Waals surface area contributed by atoms with E-state index in [0.29, 0.717) is 24.7 Å². The highest BCUT2D eigenvalue weighted by atomic mass is 16.2. The molecule has 1 aromatic heterocycles. The van der Waals surface area contributed by atoms with E-state index in [-0.39, 0.29) is 24.1 Å². The van der Waals surface area contributed by atoms with Gasteiger partial charge in [0.15, 0.2) is 11.5 Å². The number of carbonyl (C=O) groups excluding carboxylic acids is 2. The third kappa shape index (κ3) is 3.28.